The first-order chi connectivity index (χ1) is 11.2. The van der Waals surface area contributed by atoms with Crippen LogP contribution in [0.1, 0.15) is 53.9 Å². The van der Waals surface area contributed by atoms with Crippen LogP contribution in [0.2, 0.25) is 0 Å². The maximum atomic E-state index is 12.2. The summed E-state index contributed by atoms with van der Waals surface area (Å²) in [7, 11) is 0. The van der Waals surface area contributed by atoms with Gasteiger partial charge in [-0.1, -0.05) is 6.58 Å². The van der Waals surface area contributed by atoms with Crippen LogP contribution in [0.25, 0.3) is 0 Å². The first-order valence-electron chi connectivity index (χ1n) is 8.55. The Labute approximate surface area is 144 Å². The Morgan fingerprint density at radius 2 is 1.67 bits per heavy atom. The summed E-state index contributed by atoms with van der Waals surface area (Å²) in [5.41, 5.74) is -0.604. The van der Waals surface area contributed by atoms with Crippen LogP contribution in [0.3, 0.4) is 0 Å². The Morgan fingerprint density at radius 3 is 2.21 bits per heavy atom. The number of ether oxygens (including phenoxy) is 4. The molecule has 138 valence electrons. The molecule has 3 unspecified atom stereocenters. The quantitative estimate of drug-likeness (QED) is 0.539. The molecule has 6 heteroatoms. The summed E-state index contributed by atoms with van der Waals surface area (Å²) in [5, 5.41) is 0. The minimum absolute atomic E-state index is 0.231. The van der Waals surface area contributed by atoms with Crippen molar-refractivity contribution >= 4 is 12.1 Å². The van der Waals surface area contributed by atoms with Crippen molar-refractivity contribution in [2.75, 3.05) is 13.2 Å². The first-order valence-corrected chi connectivity index (χ1v) is 8.55. The molecule has 0 aliphatic heterocycles. The van der Waals surface area contributed by atoms with Crippen LogP contribution in [-0.4, -0.2) is 37.0 Å². The maximum absolute atomic E-state index is 12.2. The zero-order chi connectivity index (χ0) is 18.3. The van der Waals surface area contributed by atoms with Gasteiger partial charge in [0.2, 0.25) is 0 Å². The number of hydrogen-bond acceptors (Lipinski definition) is 6. The molecule has 0 heterocycles. The molecule has 0 amide bonds. The van der Waals surface area contributed by atoms with Gasteiger partial charge in [-0.15, -0.1) is 0 Å². The third-order valence-electron chi connectivity index (χ3n) is 3.79. The van der Waals surface area contributed by atoms with Crippen molar-refractivity contribution < 1.29 is 28.5 Å². The van der Waals surface area contributed by atoms with Gasteiger partial charge in [-0.3, -0.25) is 4.79 Å². The van der Waals surface area contributed by atoms with Crippen molar-refractivity contribution in [3.63, 3.8) is 0 Å². The van der Waals surface area contributed by atoms with Gasteiger partial charge in [0.05, 0.1) is 24.9 Å². The van der Waals surface area contributed by atoms with Crippen LogP contribution < -0.4 is 0 Å². The molecular formula is C18H30O6. The van der Waals surface area contributed by atoms with Crippen molar-refractivity contribution in [1.29, 1.82) is 0 Å². The fourth-order valence-corrected chi connectivity index (χ4v) is 2.83. The summed E-state index contributed by atoms with van der Waals surface area (Å²) in [6, 6.07) is 0. The molecule has 0 spiro atoms. The van der Waals surface area contributed by atoms with E-state index in [1.165, 1.54) is 0 Å². The molecule has 0 bridgehead atoms. The largest absolute Gasteiger partial charge is 0.509 e. The number of hydrogen-bond donors (Lipinski definition) is 0. The van der Waals surface area contributed by atoms with Gasteiger partial charge in [0.1, 0.15) is 11.7 Å². The van der Waals surface area contributed by atoms with Crippen molar-refractivity contribution in [3.8, 4) is 0 Å². The Bertz CT molecular complexity index is 451. The van der Waals surface area contributed by atoms with Gasteiger partial charge in [-0.2, -0.15) is 0 Å². The summed E-state index contributed by atoms with van der Waals surface area (Å²) in [6.07, 6.45) is 0.596. The summed E-state index contributed by atoms with van der Waals surface area (Å²) < 4.78 is 21.2. The molecule has 0 radical (unpaired) electrons. The molecule has 0 saturated heterocycles. The van der Waals surface area contributed by atoms with Crippen LogP contribution in [0.15, 0.2) is 12.3 Å². The summed E-state index contributed by atoms with van der Waals surface area (Å²) in [6.45, 7) is 13.7. The maximum Gasteiger partial charge on any atom is 0.509 e. The van der Waals surface area contributed by atoms with E-state index in [4.69, 9.17) is 18.9 Å². The summed E-state index contributed by atoms with van der Waals surface area (Å²) in [4.78, 5) is 24.0. The van der Waals surface area contributed by atoms with Crippen molar-refractivity contribution in [2.45, 2.75) is 65.6 Å². The van der Waals surface area contributed by atoms with Gasteiger partial charge >= 0.3 is 12.1 Å². The Hall–Kier alpha value is -1.72. The predicted octanol–water partition coefficient (Wildman–Crippen LogP) is 3.84. The van der Waals surface area contributed by atoms with E-state index in [9.17, 15) is 9.59 Å². The van der Waals surface area contributed by atoms with Crippen LogP contribution in [-0.2, 0) is 23.7 Å². The monoisotopic (exact) mass is 342 g/mol. The highest BCUT2D eigenvalue weighted by Gasteiger charge is 2.40. The molecule has 1 fully saturated rings. The first kappa shape index (κ1) is 20.3. The van der Waals surface area contributed by atoms with E-state index in [0.717, 1.165) is 0 Å². The molecule has 6 nitrogen and oxygen atoms in total. The van der Waals surface area contributed by atoms with Crippen molar-refractivity contribution in [1.82, 2.24) is 0 Å². The normalized spacial score (nSPS) is 24.0. The minimum Gasteiger partial charge on any atom is -0.499 e. The highest BCUT2D eigenvalue weighted by molar-refractivity contribution is 5.73. The number of rotatable bonds is 6. The minimum atomic E-state index is -0.692. The third kappa shape index (κ3) is 6.42. The van der Waals surface area contributed by atoms with E-state index in [1.54, 1.807) is 27.7 Å². The van der Waals surface area contributed by atoms with Crippen LogP contribution in [0, 0.1) is 11.8 Å². The molecule has 0 aromatic rings. The van der Waals surface area contributed by atoms with E-state index in [2.05, 4.69) is 6.58 Å². The summed E-state index contributed by atoms with van der Waals surface area (Å²) in [5.74, 6) is -0.264. The molecular weight excluding hydrogens is 312 g/mol. The van der Waals surface area contributed by atoms with Gasteiger partial charge in [0.25, 0.3) is 0 Å². The SMILES string of the molecule is C=C(OCC)C1CC(OC(=O)OC(C)(C)C)CCC1C(=O)OCC. The second-order valence-electron chi connectivity index (χ2n) is 6.88. The zero-order valence-electron chi connectivity index (χ0n) is 15.4. The summed E-state index contributed by atoms with van der Waals surface area (Å²) >= 11 is 0. The van der Waals surface area contributed by atoms with E-state index in [0.29, 0.717) is 38.2 Å². The zero-order valence-corrected chi connectivity index (χ0v) is 15.4. The third-order valence-corrected chi connectivity index (χ3v) is 3.79. The topological polar surface area (TPSA) is 71.1 Å². The van der Waals surface area contributed by atoms with Gasteiger partial charge in [-0.05, 0) is 53.9 Å². The average molecular weight is 342 g/mol. The van der Waals surface area contributed by atoms with E-state index in [-0.39, 0.29) is 23.9 Å². The molecule has 24 heavy (non-hydrogen) atoms. The fraction of sp³-hybridized carbons (Fsp3) is 0.778. The second kappa shape index (κ2) is 8.94. The number of esters is 1. The van der Waals surface area contributed by atoms with E-state index < -0.39 is 11.8 Å². The molecule has 1 aliphatic carbocycles. The number of allylic oxidation sites excluding steroid dienone is 1. The second-order valence-corrected chi connectivity index (χ2v) is 6.88. The Balaban J connectivity index is 2.74. The Morgan fingerprint density at radius 1 is 1.04 bits per heavy atom. The molecule has 1 rings (SSSR count). The van der Waals surface area contributed by atoms with Crippen molar-refractivity contribution in [2.24, 2.45) is 11.8 Å². The van der Waals surface area contributed by atoms with E-state index >= 15 is 0 Å². The lowest BCUT2D eigenvalue weighted by Crippen LogP contribution is -2.38. The highest BCUT2D eigenvalue weighted by Crippen LogP contribution is 2.37. The van der Waals surface area contributed by atoms with Crippen LogP contribution in [0.5, 0.6) is 0 Å². The van der Waals surface area contributed by atoms with Gasteiger partial charge in [-0.25, -0.2) is 4.79 Å². The lowest BCUT2D eigenvalue weighted by atomic mass is 9.77. The highest BCUT2D eigenvalue weighted by atomic mass is 16.7. The smallest absolute Gasteiger partial charge is 0.499 e. The molecule has 1 aliphatic rings. The van der Waals surface area contributed by atoms with E-state index in [1.807, 2.05) is 6.92 Å². The van der Waals surface area contributed by atoms with Crippen molar-refractivity contribution in [3.05, 3.63) is 12.3 Å². The van der Waals surface area contributed by atoms with Crippen LogP contribution in [0.4, 0.5) is 4.79 Å². The van der Waals surface area contributed by atoms with Gasteiger partial charge < -0.3 is 18.9 Å². The molecule has 0 N–H and O–H groups in total. The molecule has 3 atom stereocenters. The average Bonchev–Trinajstić information content (AvgIpc) is 2.45. The predicted molar refractivity (Wildman–Crippen MR) is 89.3 cm³/mol. The standard InChI is InChI=1S/C18H30O6/c1-7-21-12(3)15-11-13(23-17(20)24-18(4,5)6)9-10-14(15)16(19)22-8-2/h13-15H,3,7-11H2,1-2,4-6H3. The number of carbonyl (C=O) groups is 2. The fourth-order valence-electron chi connectivity index (χ4n) is 2.83. The molecule has 1 saturated carbocycles. The lowest BCUT2D eigenvalue weighted by Gasteiger charge is -2.35. The van der Waals surface area contributed by atoms with Gasteiger partial charge in [0.15, 0.2) is 0 Å². The molecule has 0 aromatic carbocycles. The molecule has 0 aromatic heterocycles. The number of carbonyl (C=O) groups excluding carboxylic acids is 2. The van der Waals surface area contributed by atoms with Crippen LogP contribution >= 0.6 is 0 Å². The Kier molecular flexibility index (Phi) is 7.58. The lowest BCUT2D eigenvalue weighted by molar-refractivity contribution is -0.152. The van der Waals surface area contributed by atoms with Gasteiger partial charge in [0, 0.05) is 5.92 Å².